The summed E-state index contributed by atoms with van der Waals surface area (Å²) in [4.78, 5) is 57.3. The molecule has 1 aliphatic heterocycles. The van der Waals surface area contributed by atoms with Crippen LogP contribution in [0.15, 0.2) is 54.7 Å². The number of rotatable bonds is 5. The topological polar surface area (TPSA) is 124 Å². The zero-order valence-electron chi connectivity index (χ0n) is 22.9. The molecule has 0 saturated carbocycles. The van der Waals surface area contributed by atoms with Gasteiger partial charge in [-0.1, -0.05) is 26.0 Å². The molecule has 39 heavy (non-hydrogen) atoms. The van der Waals surface area contributed by atoms with Crippen molar-refractivity contribution in [2.75, 3.05) is 41.1 Å². The summed E-state index contributed by atoms with van der Waals surface area (Å²) in [6.45, 7) is 8.11. The number of benzene rings is 2. The van der Waals surface area contributed by atoms with Crippen LogP contribution >= 0.6 is 0 Å². The SMILES string of the molecule is CNC(=O)c1cc(N(C)C(=O)Nc2cc(C(=O)Nc3ccc4c(c3)N(C(C)=O)CC4(C)C)ccc2C)ccn1. The van der Waals surface area contributed by atoms with Crippen molar-refractivity contribution < 1.29 is 19.2 Å². The van der Waals surface area contributed by atoms with Gasteiger partial charge in [-0.05, 0) is 54.4 Å². The predicted octanol–water partition coefficient (Wildman–Crippen LogP) is 4.31. The Bertz CT molecular complexity index is 1480. The first-order chi connectivity index (χ1) is 18.4. The Morgan fingerprint density at radius 1 is 0.974 bits per heavy atom. The van der Waals surface area contributed by atoms with Crippen LogP contribution in [0.3, 0.4) is 0 Å². The molecule has 3 N–H and O–H groups in total. The molecule has 0 unspecified atom stereocenters. The summed E-state index contributed by atoms with van der Waals surface area (Å²) in [6.07, 6.45) is 1.45. The maximum absolute atomic E-state index is 13.1. The van der Waals surface area contributed by atoms with Gasteiger partial charge in [0.05, 0.1) is 0 Å². The molecule has 1 aromatic heterocycles. The van der Waals surface area contributed by atoms with E-state index in [-0.39, 0.29) is 28.8 Å². The maximum Gasteiger partial charge on any atom is 0.326 e. The summed E-state index contributed by atoms with van der Waals surface area (Å²) in [5.41, 5.74) is 4.49. The minimum atomic E-state index is -0.449. The van der Waals surface area contributed by atoms with E-state index in [9.17, 15) is 19.2 Å². The average molecular weight is 529 g/mol. The second-order valence-electron chi connectivity index (χ2n) is 10.2. The molecule has 0 aliphatic carbocycles. The van der Waals surface area contributed by atoms with Crippen LogP contribution in [-0.2, 0) is 10.2 Å². The molecule has 4 rings (SSSR count). The lowest BCUT2D eigenvalue weighted by Crippen LogP contribution is -2.32. The number of aryl methyl sites for hydroxylation is 1. The quantitative estimate of drug-likeness (QED) is 0.455. The van der Waals surface area contributed by atoms with Crippen LogP contribution in [0.2, 0.25) is 0 Å². The number of fused-ring (bicyclic) bond motifs is 1. The molecule has 3 aromatic rings. The number of amides is 5. The minimum absolute atomic E-state index is 0.0502. The molecule has 2 aromatic carbocycles. The molecule has 10 nitrogen and oxygen atoms in total. The molecular formula is C29H32N6O4. The molecule has 10 heteroatoms. The highest BCUT2D eigenvalue weighted by Crippen LogP contribution is 2.41. The third-order valence-electron chi connectivity index (χ3n) is 6.85. The smallest absolute Gasteiger partial charge is 0.326 e. The van der Waals surface area contributed by atoms with Gasteiger partial charge in [0.1, 0.15) is 5.69 Å². The van der Waals surface area contributed by atoms with Gasteiger partial charge in [0, 0.05) is 67.5 Å². The highest BCUT2D eigenvalue weighted by atomic mass is 16.2. The van der Waals surface area contributed by atoms with E-state index in [2.05, 4.69) is 34.8 Å². The van der Waals surface area contributed by atoms with Crippen LogP contribution in [0.1, 0.15) is 52.7 Å². The van der Waals surface area contributed by atoms with Crippen molar-refractivity contribution in [1.29, 1.82) is 0 Å². The highest BCUT2D eigenvalue weighted by Gasteiger charge is 2.37. The number of nitrogens with one attached hydrogen (secondary N) is 3. The molecule has 2 heterocycles. The number of anilines is 4. The molecule has 1 aliphatic rings. The van der Waals surface area contributed by atoms with E-state index < -0.39 is 6.03 Å². The van der Waals surface area contributed by atoms with E-state index >= 15 is 0 Å². The Hall–Kier alpha value is -4.73. The second-order valence-corrected chi connectivity index (χ2v) is 10.2. The average Bonchev–Trinajstić information content (AvgIpc) is 3.19. The van der Waals surface area contributed by atoms with Crippen molar-refractivity contribution >= 4 is 46.5 Å². The zero-order chi connectivity index (χ0) is 28.5. The van der Waals surface area contributed by atoms with E-state index in [0.717, 1.165) is 16.8 Å². The van der Waals surface area contributed by atoms with E-state index in [1.165, 1.54) is 31.1 Å². The van der Waals surface area contributed by atoms with Crippen LogP contribution in [0.4, 0.5) is 27.5 Å². The molecule has 0 fully saturated rings. The van der Waals surface area contributed by atoms with Gasteiger partial charge in [-0.3, -0.25) is 24.3 Å². The lowest BCUT2D eigenvalue weighted by molar-refractivity contribution is -0.116. The van der Waals surface area contributed by atoms with Crippen LogP contribution in [0, 0.1) is 6.92 Å². The fourth-order valence-corrected chi connectivity index (χ4v) is 4.55. The standard InChI is InChI=1S/C29H32N6O4/c1-17-7-8-19(13-23(17)33-28(39)34(6)21-11-12-31-24(15-21)27(38)30-5)26(37)32-20-9-10-22-25(14-20)35(18(2)36)16-29(22,3)4/h7-15H,16H2,1-6H3,(H,30,38)(H,32,37)(H,33,39). The third-order valence-corrected chi connectivity index (χ3v) is 6.85. The number of hydrogen-bond acceptors (Lipinski definition) is 5. The first-order valence-electron chi connectivity index (χ1n) is 12.5. The van der Waals surface area contributed by atoms with Crippen molar-refractivity contribution in [1.82, 2.24) is 10.3 Å². The number of carbonyl (C=O) groups is 4. The Morgan fingerprint density at radius 2 is 1.72 bits per heavy atom. The van der Waals surface area contributed by atoms with Crippen LogP contribution in [0.5, 0.6) is 0 Å². The largest absolute Gasteiger partial charge is 0.354 e. The molecule has 0 spiro atoms. The van der Waals surface area contributed by atoms with Gasteiger partial charge in [-0.2, -0.15) is 0 Å². The Balaban J connectivity index is 1.51. The Labute approximate surface area is 227 Å². The van der Waals surface area contributed by atoms with E-state index in [1.54, 1.807) is 36.2 Å². The van der Waals surface area contributed by atoms with Gasteiger partial charge < -0.3 is 20.9 Å². The van der Waals surface area contributed by atoms with Crippen molar-refractivity contribution in [3.63, 3.8) is 0 Å². The van der Waals surface area contributed by atoms with Crippen LogP contribution in [-0.4, -0.2) is 49.4 Å². The van der Waals surface area contributed by atoms with Gasteiger partial charge in [0.2, 0.25) is 5.91 Å². The number of pyridine rings is 1. The normalized spacial score (nSPS) is 13.3. The molecule has 5 amide bonds. The first-order valence-corrected chi connectivity index (χ1v) is 12.5. The van der Waals surface area contributed by atoms with Crippen molar-refractivity contribution in [2.45, 2.75) is 33.1 Å². The second kappa shape index (κ2) is 10.6. The van der Waals surface area contributed by atoms with Gasteiger partial charge in [-0.15, -0.1) is 0 Å². The van der Waals surface area contributed by atoms with Gasteiger partial charge in [-0.25, -0.2) is 4.79 Å². The van der Waals surface area contributed by atoms with Crippen LogP contribution < -0.4 is 25.8 Å². The van der Waals surface area contributed by atoms with Crippen molar-refractivity contribution in [3.05, 3.63) is 77.1 Å². The zero-order valence-corrected chi connectivity index (χ0v) is 22.9. The molecular weight excluding hydrogens is 496 g/mol. The molecule has 0 radical (unpaired) electrons. The molecule has 0 bridgehead atoms. The van der Waals surface area contributed by atoms with Crippen LogP contribution in [0.25, 0.3) is 0 Å². The number of nitrogens with zero attached hydrogens (tertiary/aromatic N) is 3. The monoisotopic (exact) mass is 528 g/mol. The van der Waals surface area contributed by atoms with Crippen molar-refractivity contribution in [3.8, 4) is 0 Å². The summed E-state index contributed by atoms with van der Waals surface area (Å²) in [5.74, 6) is -0.762. The summed E-state index contributed by atoms with van der Waals surface area (Å²) in [7, 11) is 3.08. The summed E-state index contributed by atoms with van der Waals surface area (Å²) >= 11 is 0. The van der Waals surface area contributed by atoms with E-state index in [0.29, 0.717) is 29.2 Å². The molecule has 0 atom stereocenters. The Kier molecular flexibility index (Phi) is 7.40. The number of carbonyl (C=O) groups excluding carboxylic acids is 4. The number of aromatic nitrogens is 1. The summed E-state index contributed by atoms with van der Waals surface area (Å²) < 4.78 is 0. The molecule has 0 saturated heterocycles. The predicted molar refractivity (Wildman–Crippen MR) is 152 cm³/mol. The fourth-order valence-electron chi connectivity index (χ4n) is 4.55. The minimum Gasteiger partial charge on any atom is -0.354 e. The first kappa shape index (κ1) is 27.3. The van der Waals surface area contributed by atoms with E-state index in [4.69, 9.17) is 0 Å². The van der Waals surface area contributed by atoms with Gasteiger partial charge >= 0.3 is 6.03 Å². The fraction of sp³-hybridized carbons (Fsp3) is 0.276. The summed E-state index contributed by atoms with van der Waals surface area (Å²) in [6, 6.07) is 13.3. The lowest BCUT2D eigenvalue weighted by Gasteiger charge is -2.20. The highest BCUT2D eigenvalue weighted by molar-refractivity contribution is 6.07. The van der Waals surface area contributed by atoms with Gasteiger partial charge in [0.25, 0.3) is 11.8 Å². The lowest BCUT2D eigenvalue weighted by atomic mass is 9.87. The van der Waals surface area contributed by atoms with E-state index in [1.807, 2.05) is 25.1 Å². The van der Waals surface area contributed by atoms with Gasteiger partial charge in [0.15, 0.2) is 0 Å². The Morgan fingerprint density at radius 3 is 2.41 bits per heavy atom. The van der Waals surface area contributed by atoms with Crippen molar-refractivity contribution in [2.24, 2.45) is 0 Å². The number of urea groups is 1. The maximum atomic E-state index is 13.1. The summed E-state index contributed by atoms with van der Waals surface area (Å²) in [5, 5.41) is 8.24. The number of hydrogen-bond donors (Lipinski definition) is 3. The molecule has 202 valence electrons. The third kappa shape index (κ3) is 5.59.